The molecular weight excluding hydrogens is 448 g/mol. The van der Waals surface area contributed by atoms with Crippen molar-refractivity contribution in [3.8, 4) is 0 Å². The average molecular weight is 477 g/mol. The highest BCUT2D eigenvalue weighted by Crippen LogP contribution is 2.44. The van der Waals surface area contributed by atoms with Crippen molar-refractivity contribution in [1.82, 2.24) is 9.96 Å². The van der Waals surface area contributed by atoms with Gasteiger partial charge in [0, 0.05) is 11.1 Å². The van der Waals surface area contributed by atoms with Gasteiger partial charge in [0.05, 0.1) is 31.3 Å². The van der Waals surface area contributed by atoms with E-state index in [1.807, 2.05) is 71.6 Å². The van der Waals surface area contributed by atoms with E-state index < -0.39 is 12.6 Å². The molecule has 2 amide bonds. The Bertz CT molecular complexity index is 1030. The van der Waals surface area contributed by atoms with Crippen molar-refractivity contribution in [3.05, 3.63) is 83.9 Å². The Morgan fingerprint density at radius 3 is 1.77 bits per heavy atom. The van der Waals surface area contributed by atoms with Gasteiger partial charge in [-0.2, -0.15) is 5.06 Å². The van der Waals surface area contributed by atoms with Gasteiger partial charge in [0.1, 0.15) is 18.3 Å². The highest BCUT2D eigenvalue weighted by Gasteiger charge is 2.59. The number of carbonyl (C=O) groups excluding carboxylic acids is 1. The summed E-state index contributed by atoms with van der Waals surface area (Å²) in [5.41, 5.74) is 1.89. The van der Waals surface area contributed by atoms with Crippen molar-refractivity contribution >= 4 is 6.03 Å². The van der Waals surface area contributed by atoms with Gasteiger partial charge in [0.15, 0.2) is 12.6 Å². The van der Waals surface area contributed by atoms with Crippen LogP contribution in [0.2, 0.25) is 0 Å². The number of hydroxylamine groups is 2. The summed E-state index contributed by atoms with van der Waals surface area (Å²) in [5, 5.41) is 1.53. The van der Waals surface area contributed by atoms with Crippen LogP contribution in [0, 0.1) is 0 Å². The van der Waals surface area contributed by atoms with Crippen LogP contribution >= 0.6 is 0 Å². The number of carbonyl (C=O) groups is 1. The molecule has 0 unspecified atom stereocenters. The molecule has 0 radical (unpaired) electrons. The topological polar surface area (TPSA) is 69.7 Å². The van der Waals surface area contributed by atoms with E-state index in [4.69, 9.17) is 23.8 Å². The molecule has 2 aromatic rings. The molecule has 0 spiro atoms. The fraction of sp³-hybridized carbons (Fsp3) is 0.444. The summed E-state index contributed by atoms with van der Waals surface area (Å²) in [4.78, 5) is 21.7. The van der Waals surface area contributed by atoms with Crippen molar-refractivity contribution in [2.45, 2.75) is 61.9 Å². The molecule has 8 nitrogen and oxygen atoms in total. The molecule has 2 aromatic carbocycles. The standard InChI is InChI=1S/C27H28N2O6/c30-27(29-19-11-13-20(35-29)14-12-19)28-21-15-31-25(17-7-3-1-4-8-17)33-23(21)24-22(28)16-32-26(34-24)18-9-5-2-6-10-18/h1-11,13,19-26H,12,14-16H2/t19-,20+,21-,22-,23+,24+,25+,26+/m0/s1. The highest BCUT2D eigenvalue weighted by molar-refractivity contribution is 5.76. The van der Waals surface area contributed by atoms with Gasteiger partial charge in [0.2, 0.25) is 0 Å². The number of urea groups is 1. The molecule has 4 fully saturated rings. The third-order valence-electron chi connectivity index (χ3n) is 7.59. The number of hydrogen-bond donors (Lipinski definition) is 0. The summed E-state index contributed by atoms with van der Waals surface area (Å²) in [5.74, 6) is 0. The maximum atomic E-state index is 13.9. The molecule has 8 heteroatoms. The Hall–Kier alpha value is -2.75. The fourth-order valence-electron chi connectivity index (χ4n) is 5.86. The largest absolute Gasteiger partial charge is 0.346 e. The molecule has 4 saturated heterocycles. The second-order valence-corrected chi connectivity index (χ2v) is 9.68. The minimum absolute atomic E-state index is 0.0548. The molecule has 5 heterocycles. The zero-order valence-electron chi connectivity index (χ0n) is 19.2. The van der Waals surface area contributed by atoms with Crippen LogP contribution in [0.3, 0.4) is 0 Å². The molecule has 6 aliphatic rings. The number of rotatable bonds is 2. The Balaban J connectivity index is 1.19. The molecule has 182 valence electrons. The molecule has 5 aliphatic heterocycles. The number of likely N-dealkylation sites (tertiary alicyclic amines) is 1. The number of benzene rings is 2. The maximum absolute atomic E-state index is 13.9. The lowest BCUT2D eigenvalue weighted by Gasteiger charge is -2.44. The first-order valence-corrected chi connectivity index (χ1v) is 12.4. The van der Waals surface area contributed by atoms with Crippen LogP contribution in [-0.2, 0) is 23.8 Å². The average Bonchev–Trinajstić information content (AvgIpc) is 3.27. The number of fused-ring (bicyclic) bond motifs is 5. The lowest BCUT2D eigenvalue weighted by molar-refractivity contribution is -0.278. The molecular formula is C27H28N2O6. The molecule has 8 atom stereocenters. The fourth-order valence-corrected chi connectivity index (χ4v) is 5.86. The van der Waals surface area contributed by atoms with Gasteiger partial charge in [-0.05, 0) is 12.8 Å². The zero-order valence-corrected chi connectivity index (χ0v) is 19.2. The van der Waals surface area contributed by atoms with Crippen LogP contribution in [0.15, 0.2) is 72.8 Å². The van der Waals surface area contributed by atoms with Crippen LogP contribution in [-0.4, -0.2) is 65.6 Å². The second kappa shape index (κ2) is 8.72. The van der Waals surface area contributed by atoms with Gasteiger partial charge in [-0.15, -0.1) is 0 Å². The summed E-state index contributed by atoms with van der Waals surface area (Å²) in [6, 6.07) is 18.9. The molecule has 8 rings (SSSR count). The first-order valence-electron chi connectivity index (χ1n) is 12.4. The zero-order chi connectivity index (χ0) is 23.4. The first-order chi connectivity index (χ1) is 17.3. The maximum Gasteiger partial charge on any atom is 0.345 e. The number of ether oxygens (including phenoxy) is 4. The smallest absolute Gasteiger partial charge is 0.345 e. The van der Waals surface area contributed by atoms with E-state index in [-0.39, 0.29) is 42.5 Å². The summed E-state index contributed by atoms with van der Waals surface area (Å²) in [6.45, 7) is 0.695. The van der Waals surface area contributed by atoms with Gasteiger partial charge >= 0.3 is 6.03 Å². The van der Waals surface area contributed by atoms with E-state index in [2.05, 4.69) is 6.08 Å². The van der Waals surface area contributed by atoms with E-state index in [0.29, 0.717) is 13.2 Å². The summed E-state index contributed by atoms with van der Waals surface area (Å²) < 4.78 is 25.3. The lowest BCUT2D eigenvalue weighted by atomic mass is 9.98. The SMILES string of the molecule is O=C(N1O[C@@H]2C=C[C@H]1CC2)N1[C@H]2CO[C@@H](c3ccccc3)O[C@H]2[C@@H]2O[C@H](c3ccccc3)OC[C@@H]21. The molecule has 0 saturated carbocycles. The van der Waals surface area contributed by atoms with Crippen molar-refractivity contribution in [1.29, 1.82) is 0 Å². The number of amides is 2. The van der Waals surface area contributed by atoms with Gasteiger partial charge < -0.3 is 23.8 Å². The molecule has 2 bridgehead atoms. The van der Waals surface area contributed by atoms with Crippen LogP contribution < -0.4 is 0 Å². The lowest BCUT2D eigenvalue weighted by Crippen LogP contribution is -2.59. The Labute approximate surface area is 203 Å². The Morgan fingerprint density at radius 1 is 0.743 bits per heavy atom. The molecule has 35 heavy (non-hydrogen) atoms. The third-order valence-corrected chi connectivity index (χ3v) is 7.59. The molecule has 1 aliphatic carbocycles. The quantitative estimate of drug-likeness (QED) is 0.616. The Morgan fingerprint density at radius 2 is 1.31 bits per heavy atom. The second-order valence-electron chi connectivity index (χ2n) is 9.68. The summed E-state index contributed by atoms with van der Waals surface area (Å²) in [6.07, 6.45) is 4.15. The van der Waals surface area contributed by atoms with E-state index in [1.54, 1.807) is 0 Å². The predicted molar refractivity (Wildman–Crippen MR) is 124 cm³/mol. The van der Waals surface area contributed by atoms with E-state index in [9.17, 15) is 4.79 Å². The highest BCUT2D eigenvalue weighted by atomic mass is 16.7. The van der Waals surface area contributed by atoms with Crippen molar-refractivity contribution in [2.75, 3.05) is 13.2 Å². The normalized spacial score (nSPS) is 37.7. The minimum atomic E-state index is -0.514. The minimum Gasteiger partial charge on any atom is -0.346 e. The number of hydrogen-bond acceptors (Lipinski definition) is 6. The molecule has 0 aromatic heterocycles. The van der Waals surface area contributed by atoms with Crippen LogP contribution in [0.1, 0.15) is 36.5 Å². The van der Waals surface area contributed by atoms with Crippen LogP contribution in [0.5, 0.6) is 0 Å². The number of nitrogens with zero attached hydrogens (tertiary/aromatic N) is 2. The van der Waals surface area contributed by atoms with Crippen molar-refractivity contribution < 1.29 is 28.6 Å². The van der Waals surface area contributed by atoms with E-state index >= 15 is 0 Å². The van der Waals surface area contributed by atoms with Gasteiger partial charge in [-0.3, -0.25) is 4.84 Å². The summed E-state index contributed by atoms with van der Waals surface area (Å²) >= 11 is 0. The van der Waals surface area contributed by atoms with E-state index in [0.717, 1.165) is 24.0 Å². The van der Waals surface area contributed by atoms with Gasteiger partial charge in [0.25, 0.3) is 0 Å². The summed E-state index contributed by atoms with van der Waals surface area (Å²) in [7, 11) is 0. The predicted octanol–water partition coefficient (Wildman–Crippen LogP) is 3.72. The van der Waals surface area contributed by atoms with E-state index in [1.165, 1.54) is 5.06 Å². The third kappa shape index (κ3) is 3.68. The van der Waals surface area contributed by atoms with Crippen molar-refractivity contribution in [3.63, 3.8) is 0 Å². The van der Waals surface area contributed by atoms with Gasteiger partial charge in [-0.25, -0.2) is 4.79 Å². The van der Waals surface area contributed by atoms with Crippen LogP contribution in [0.4, 0.5) is 4.79 Å². The van der Waals surface area contributed by atoms with Crippen LogP contribution in [0.25, 0.3) is 0 Å². The Kier molecular flexibility index (Phi) is 5.37. The van der Waals surface area contributed by atoms with Crippen molar-refractivity contribution in [2.24, 2.45) is 0 Å². The van der Waals surface area contributed by atoms with Gasteiger partial charge in [-0.1, -0.05) is 72.8 Å². The first kappa shape index (κ1) is 21.5. The molecule has 0 N–H and O–H groups in total. The monoisotopic (exact) mass is 476 g/mol.